The van der Waals surface area contributed by atoms with Gasteiger partial charge in [-0.3, -0.25) is 4.79 Å². The van der Waals surface area contributed by atoms with Gasteiger partial charge in [-0.05, 0) is 24.5 Å². The number of hydrogen-bond donors (Lipinski definition) is 1. The second kappa shape index (κ2) is 6.57. The predicted octanol–water partition coefficient (Wildman–Crippen LogP) is 1.37. The molecule has 0 bridgehead atoms. The maximum atomic E-state index is 12.1. The molecule has 1 aromatic rings. The van der Waals surface area contributed by atoms with Crippen molar-refractivity contribution >= 4 is 5.91 Å². The number of nitrogens with zero attached hydrogens (tertiary/aromatic N) is 1. The number of carbonyl (C=O) groups excluding carboxylic acids is 1. The first-order valence-corrected chi connectivity index (χ1v) is 6.83. The molecule has 0 aromatic heterocycles. The largest absolute Gasteiger partial charge is 0.496 e. The average Bonchev–Trinajstić information content (AvgIpc) is 2.45. The van der Waals surface area contributed by atoms with Gasteiger partial charge in [0.1, 0.15) is 5.75 Å². The fraction of sp³-hybridized carbons (Fsp3) is 0.533. The molecule has 104 valence electrons. The molecule has 0 aliphatic carbocycles. The summed E-state index contributed by atoms with van der Waals surface area (Å²) in [7, 11) is 1.68. The van der Waals surface area contributed by atoms with Crippen molar-refractivity contribution in [2.75, 3.05) is 33.3 Å². The van der Waals surface area contributed by atoms with Crippen molar-refractivity contribution in [3.05, 3.63) is 29.3 Å². The number of methoxy groups -OCH3 is 1. The Hall–Kier alpha value is -1.55. The van der Waals surface area contributed by atoms with E-state index in [0.29, 0.717) is 6.42 Å². The molecule has 0 spiro atoms. The van der Waals surface area contributed by atoms with Crippen LogP contribution in [-0.4, -0.2) is 44.1 Å². The van der Waals surface area contributed by atoms with Crippen molar-refractivity contribution in [3.63, 3.8) is 0 Å². The number of nitrogens with one attached hydrogen (secondary N) is 1. The minimum Gasteiger partial charge on any atom is -0.496 e. The van der Waals surface area contributed by atoms with Gasteiger partial charge in [0.15, 0.2) is 0 Å². The number of para-hydroxylation sites is 1. The molecule has 1 fully saturated rings. The van der Waals surface area contributed by atoms with Crippen LogP contribution in [0.2, 0.25) is 0 Å². The highest BCUT2D eigenvalue weighted by Crippen LogP contribution is 2.24. The molecule has 0 radical (unpaired) electrons. The number of ether oxygens (including phenoxy) is 1. The fourth-order valence-corrected chi connectivity index (χ4v) is 2.52. The van der Waals surface area contributed by atoms with Gasteiger partial charge in [-0.1, -0.05) is 18.2 Å². The van der Waals surface area contributed by atoms with Crippen molar-refractivity contribution in [2.45, 2.75) is 19.8 Å². The minimum atomic E-state index is 0.241. The molecule has 1 N–H and O–H groups in total. The molecular formula is C15H22N2O2. The molecule has 1 amide bonds. The number of hydrogen-bond acceptors (Lipinski definition) is 3. The van der Waals surface area contributed by atoms with E-state index in [-0.39, 0.29) is 5.91 Å². The van der Waals surface area contributed by atoms with Crippen LogP contribution in [-0.2, 0) is 11.2 Å². The summed E-state index contributed by atoms with van der Waals surface area (Å²) < 4.78 is 5.42. The molecule has 0 saturated carbocycles. The maximum absolute atomic E-state index is 12.1. The van der Waals surface area contributed by atoms with Gasteiger partial charge < -0.3 is 15.0 Å². The summed E-state index contributed by atoms with van der Waals surface area (Å²) >= 11 is 0. The van der Waals surface area contributed by atoms with Crippen LogP contribution >= 0.6 is 0 Å². The number of amides is 1. The van der Waals surface area contributed by atoms with E-state index in [4.69, 9.17) is 4.74 Å². The molecule has 4 heteroatoms. The topological polar surface area (TPSA) is 41.6 Å². The molecule has 0 unspecified atom stereocenters. The molecular weight excluding hydrogens is 240 g/mol. The Bertz CT molecular complexity index is 440. The van der Waals surface area contributed by atoms with Crippen LogP contribution in [0.5, 0.6) is 5.75 Å². The van der Waals surface area contributed by atoms with Crippen molar-refractivity contribution in [3.8, 4) is 5.75 Å². The van der Waals surface area contributed by atoms with Crippen LogP contribution in [0.25, 0.3) is 0 Å². The van der Waals surface area contributed by atoms with E-state index in [1.165, 1.54) is 0 Å². The van der Waals surface area contributed by atoms with Gasteiger partial charge >= 0.3 is 0 Å². The Labute approximate surface area is 114 Å². The minimum absolute atomic E-state index is 0.241. The van der Waals surface area contributed by atoms with Gasteiger partial charge in [-0.2, -0.15) is 0 Å². The summed E-state index contributed by atoms with van der Waals surface area (Å²) in [5, 5.41) is 3.26. The third-order valence-electron chi connectivity index (χ3n) is 3.58. The highest BCUT2D eigenvalue weighted by molar-refractivity contribution is 5.76. The SMILES string of the molecule is COc1c(C)cccc1CCC(=O)N1CCNCC1. The first-order valence-electron chi connectivity index (χ1n) is 6.83. The van der Waals surface area contributed by atoms with E-state index >= 15 is 0 Å². The zero-order valence-electron chi connectivity index (χ0n) is 11.7. The van der Waals surface area contributed by atoms with Crippen LogP contribution in [0, 0.1) is 6.92 Å². The van der Waals surface area contributed by atoms with Gasteiger partial charge in [-0.25, -0.2) is 0 Å². The molecule has 1 aromatic carbocycles. The number of aryl methyl sites for hydroxylation is 2. The number of benzene rings is 1. The first-order chi connectivity index (χ1) is 9.22. The molecule has 4 nitrogen and oxygen atoms in total. The second-order valence-electron chi connectivity index (χ2n) is 4.90. The number of rotatable bonds is 4. The monoisotopic (exact) mass is 262 g/mol. The maximum Gasteiger partial charge on any atom is 0.222 e. The fourth-order valence-electron chi connectivity index (χ4n) is 2.52. The van der Waals surface area contributed by atoms with E-state index in [1.54, 1.807) is 7.11 Å². The molecule has 19 heavy (non-hydrogen) atoms. The Morgan fingerprint density at radius 2 is 2.11 bits per heavy atom. The van der Waals surface area contributed by atoms with Crippen molar-refractivity contribution in [1.29, 1.82) is 0 Å². The van der Waals surface area contributed by atoms with E-state index in [2.05, 4.69) is 5.32 Å². The normalized spacial score (nSPS) is 15.4. The van der Waals surface area contributed by atoms with Gasteiger partial charge in [0.2, 0.25) is 5.91 Å². The predicted molar refractivity (Wildman–Crippen MR) is 75.5 cm³/mol. The lowest BCUT2D eigenvalue weighted by Crippen LogP contribution is -2.46. The van der Waals surface area contributed by atoms with Crippen LogP contribution in [0.4, 0.5) is 0 Å². The van der Waals surface area contributed by atoms with Crippen LogP contribution in [0.3, 0.4) is 0 Å². The van der Waals surface area contributed by atoms with Gasteiger partial charge in [0, 0.05) is 32.6 Å². The molecule has 1 aliphatic heterocycles. The summed E-state index contributed by atoms with van der Waals surface area (Å²) in [5.74, 6) is 1.15. The van der Waals surface area contributed by atoms with Gasteiger partial charge in [0.25, 0.3) is 0 Å². The van der Waals surface area contributed by atoms with Crippen LogP contribution in [0.1, 0.15) is 17.5 Å². The summed E-state index contributed by atoms with van der Waals surface area (Å²) in [4.78, 5) is 14.1. The molecule has 1 saturated heterocycles. The van der Waals surface area contributed by atoms with Crippen LogP contribution < -0.4 is 10.1 Å². The highest BCUT2D eigenvalue weighted by Gasteiger charge is 2.16. The summed E-state index contributed by atoms with van der Waals surface area (Å²) in [6.07, 6.45) is 1.30. The molecule has 1 aliphatic rings. The third-order valence-corrected chi connectivity index (χ3v) is 3.58. The molecule has 0 atom stereocenters. The smallest absolute Gasteiger partial charge is 0.222 e. The second-order valence-corrected chi connectivity index (χ2v) is 4.90. The van der Waals surface area contributed by atoms with Crippen molar-refractivity contribution in [1.82, 2.24) is 10.2 Å². The average molecular weight is 262 g/mol. The lowest BCUT2D eigenvalue weighted by molar-refractivity contribution is -0.131. The lowest BCUT2D eigenvalue weighted by Gasteiger charge is -2.27. The Balaban J connectivity index is 1.94. The van der Waals surface area contributed by atoms with E-state index in [0.717, 1.165) is 49.5 Å². The van der Waals surface area contributed by atoms with Crippen molar-refractivity contribution < 1.29 is 9.53 Å². The third kappa shape index (κ3) is 3.47. The zero-order valence-corrected chi connectivity index (χ0v) is 11.7. The van der Waals surface area contributed by atoms with E-state index in [9.17, 15) is 4.79 Å². The lowest BCUT2D eigenvalue weighted by atomic mass is 10.0. The zero-order chi connectivity index (χ0) is 13.7. The van der Waals surface area contributed by atoms with Crippen LogP contribution in [0.15, 0.2) is 18.2 Å². The summed E-state index contributed by atoms with van der Waals surface area (Å²) in [6, 6.07) is 6.08. The summed E-state index contributed by atoms with van der Waals surface area (Å²) in [5.41, 5.74) is 2.24. The van der Waals surface area contributed by atoms with Crippen molar-refractivity contribution in [2.24, 2.45) is 0 Å². The Kier molecular flexibility index (Phi) is 4.80. The quantitative estimate of drug-likeness (QED) is 0.891. The molecule has 2 rings (SSSR count). The highest BCUT2D eigenvalue weighted by atomic mass is 16.5. The Morgan fingerprint density at radius 3 is 2.79 bits per heavy atom. The number of piperazine rings is 1. The van der Waals surface area contributed by atoms with E-state index in [1.807, 2.05) is 30.0 Å². The van der Waals surface area contributed by atoms with Gasteiger partial charge in [-0.15, -0.1) is 0 Å². The Morgan fingerprint density at radius 1 is 1.37 bits per heavy atom. The molecule has 1 heterocycles. The van der Waals surface area contributed by atoms with E-state index < -0.39 is 0 Å². The first kappa shape index (κ1) is 13.9. The standard InChI is InChI=1S/C15H22N2O2/c1-12-4-3-5-13(15(12)19-2)6-7-14(18)17-10-8-16-9-11-17/h3-5,16H,6-11H2,1-2H3. The number of carbonyl (C=O) groups is 1. The summed E-state index contributed by atoms with van der Waals surface area (Å²) in [6.45, 7) is 5.48. The van der Waals surface area contributed by atoms with Gasteiger partial charge in [0.05, 0.1) is 7.11 Å².